The van der Waals surface area contributed by atoms with Crippen LogP contribution >= 0.6 is 11.6 Å². The molecule has 1 amide bonds. The van der Waals surface area contributed by atoms with Gasteiger partial charge in [0, 0.05) is 12.2 Å². The van der Waals surface area contributed by atoms with E-state index in [9.17, 15) is 22.8 Å². The number of carbonyl (C=O) groups excluding carboxylic acids is 2. The third-order valence-corrected chi connectivity index (χ3v) is 2.97. The van der Waals surface area contributed by atoms with Gasteiger partial charge in [0.2, 0.25) is 5.91 Å². The Hall–Kier alpha value is -1.76. The summed E-state index contributed by atoms with van der Waals surface area (Å²) in [6.45, 7) is 1.71. The van der Waals surface area contributed by atoms with E-state index in [4.69, 9.17) is 16.3 Å². The molecule has 0 aliphatic rings. The Morgan fingerprint density at radius 1 is 1.32 bits per heavy atom. The second kappa shape index (κ2) is 8.03. The van der Waals surface area contributed by atoms with Gasteiger partial charge in [0.15, 0.2) is 0 Å². The Morgan fingerprint density at radius 3 is 2.55 bits per heavy atom. The molecular weight excluding hydrogens is 323 g/mol. The highest BCUT2D eigenvalue weighted by Gasteiger charge is 2.31. The SMILES string of the molecule is CCOC(=O)CCN(C(=O)CCl)c1cccc(C(F)(F)F)c1. The molecular formula is C14H15ClF3NO3. The number of anilines is 1. The second-order valence-electron chi connectivity index (χ2n) is 4.28. The first kappa shape index (κ1) is 18.3. The molecule has 1 rings (SSSR count). The summed E-state index contributed by atoms with van der Waals surface area (Å²) in [6.07, 6.45) is -4.65. The first-order valence-corrected chi connectivity index (χ1v) is 7.02. The molecule has 0 atom stereocenters. The highest BCUT2D eigenvalue weighted by Crippen LogP contribution is 2.31. The summed E-state index contributed by atoms with van der Waals surface area (Å²) in [5.41, 5.74) is -0.849. The van der Waals surface area contributed by atoms with Crippen LogP contribution in [-0.4, -0.2) is 30.9 Å². The number of benzene rings is 1. The molecule has 22 heavy (non-hydrogen) atoms. The Labute approximate surface area is 130 Å². The number of hydrogen-bond acceptors (Lipinski definition) is 3. The van der Waals surface area contributed by atoms with Crippen LogP contribution in [0.2, 0.25) is 0 Å². The van der Waals surface area contributed by atoms with Crippen LogP contribution in [0, 0.1) is 0 Å². The molecule has 0 aliphatic heterocycles. The number of alkyl halides is 4. The molecule has 0 spiro atoms. The molecule has 0 unspecified atom stereocenters. The number of esters is 1. The van der Waals surface area contributed by atoms with Crippen molar-refractivity contribution in [1.29, 1.82) is 0 Å². The zero-order valence-electron chi connectivity index (χ0n) is 11.8. The lowest BCUT2D eigenvalue weighted by Gasteiger charge is -2.22. The molecule has 0 aromatic heterocycles. The maximum Gasteiger partial charge on any atom is 0.416 e. The molecule has 0 radical (unpaired) electrons. The number of carbonyl (C=O) groups is 2. The van der Waals surface area contributed by atoms with Crippen LogP contribution in [0.3, 0.4) is 0 Å². The molecule has 1 aromatic rings. The van der Waals surface area contributed by atoms with Crippen molar-refractivity contribution in [2.24, 2.45) is 0 Å². The molecule has 0 aliphatic carbocycles. The summed E-state index contributed by atoms with van der Waals surface area (Å²) in [6, 6.07) is 4.29. The quantitative estimate of drug-likeness (QED) is 0.591. The highest BCUT2D eigenvalue weighted by atomic mass is 35.5. The van der Waals surface area contributed by atoms with E-state index >= 15 is 0 Å². The zero-order chi connectivity index (χ0) is 16.8. The summed E-state index contributed by atoms with van der Waals surface area (Å²) in [5.74, 6) is -1.54. The zero-order valence-corrected chi connectivity index (χ0v) is 12.6. The molecule has 1 aromatic carbocycles. The fourth-order valence-corrected chi connectivity index (χ4v) is 1.90. The standard InChI is InChI=1S/C14H15ClF3NO3/c1-2-22-13(21)6-7-19(12(20)9-15)11-5-3-4-10(8-11)14(16,17)18/h3-5,8H,2,6-7,9H2,1H3. The normalized spacial score (nSPS) is 11.1. The van der Waals surface area contributed by atoms with Crippen molar-refractivity contribution in [1.82, 2.24) is 0 Å². The van der Waals surface area contributed by atoms with E-state index in [1.807, 2.05) is 0 Å². The minimum Gasteiger partial charge on any atom is -0.466 e. The van der Waals surface area contributed by atoms with Crippen molar-refractivity contribution >= 4 is 29.2 Å². The van der Waals surface area contributed by atoms with E-state index in [0.717, 1.165) is 17.0 Å². The maximum absolute atomic E-state index is 12.7. The summed E-state index contributed by atoms with van der Waals surface area (Å²) >= 11 is 5.47. The van der Waals surface area contributed by atoms with Crippen LogP contribution in [0.4, 0.5) is 18.9 Å². The smallest absolute Gasteiger partial charge is 0.416 e. The van der Waals surface area contributed by atoms with Gasteiger partial charge in [-0.1, -0.05) is 6.07 Å². The van der Waals surface area contributed by atoms with Crippen LogP contribution in [0.1, 0.15) is 18.9 Å². The van der Waals surface area contributed by atoms with Gasteiger partial charge in [0.05, 0.1) is 18.6 Å². The van der Waals surface area contributed by atoms with Gasteiger partial charge in [-0.25, -0.2) is 0 Å². The van der Waals surface area contributed by atoms with Gasteiger partial charge in [-0.2, -0.15) is 13.2 Å². The Bertz CT molecular complexity index is 534. The summed E-state index contributed by atoms with van der Waals surface area (Å²) in [7, 11) is 0. The average Bonchev–Trinajstić information content (AvgIpc) is 2.47. The largest absolute Gasteiger partial charge is 0.466 e. The van der Waals surface area contributed by atoms with Crippen molar-refractivity contribution in [3.63, 3.8) is 0 Å². The predicted octanol–water partition coefficient (Wildman–Crippen LogP) is 3.23. The fraction of sp³-hybridized carbons (Fsp3) is 0.429. The van der Waals surface area contributed by atoms with Crippen LogP contribution in [0.25, 0.3) is 0 Å². The topological polar surface area (TPSA) is 46.6 Å². The minimum absolute atomic E-state index is 0.0322. The Kier molecular flexibility index (Phi) is 6.67. The van der Waals surface area contributed by atoms with E-state index in [-0.39, 0.29) is 25.3 Å². The van der Waals surface area contributed by atoms with Crippen molar-refractivity contribution in [3.05, 3.63) is 29.8 Å². The molecule has 0 saturated carbocycles. The van der Waals surface area contributed by atoms with Gasteiger partial charge in [-0.15, -0.1) is 11.6 Å². The minimum atomic E-state index is -4.52. The van der Waals surface area contributed by atoms with Gasteiger partial charge < -0.3 is 9.64 Å². The summed E-state index contributed by atoms with van der Waals surface area (Å²) in [5, 5.41) is 0. The van der Waals surface area contributed by atoms with Crippen LogP contribution in [0.5, 0.6) is 0 Å². The average molecular weight is 338 g/mol. The van der Waals surface area contributed by atoms with E-state index in [0.29, 0.717) is 0 Å². The lowest BCUT2D eigenvalue weighted by Crippen LogP contribution is -2.34. The molecule has 122 valence electrons. The molecule has 0 fully saturated rings. The van der Waals surface area contributed by atoms with E-state index in [2.05, 4.69) is 0 Å². The molecule has 4 nitrogen and oxygen atoms in total. The summed E-state index contributed by atoms with van der Waals surface area (Å²) in [4.78, 5) is 24.2. The fourth-order valence-electron chi connectivity index (χ4n) is 1.76. The predicted molar refractivity (Wildman–Crippen MR) is 75.8 cm³/mol. The monoisotopic (exact) mass is 337 g/mol. The van der Waals surface area contributed by atoms with Crippen molar-refractivity contribution in [2.75, 3.05) is 23.9 Å². The number of amides is 1. The van der Waals surface area contributed by atoms with E-state index < -0.39 is 29.5 Å². The molecule has 8 heteroatoms. The number of halogens is 4. The Morgan fingerprint density at radius 2 is 2.00 bits per heavy atom. The number of rotatable bonds is 6. The number of nitrogens with zero attached hydrogens (tertiary/aromatic N) is 1. The lowest BCUT2D eigenvalue weighted by molar-refractivity contribution is -0.143. The van der Waals surface area contributed by atoms with Crippen LogP contribution in [0.15, 0.2) is 24.3 Å². The van der Waals surface area contributed by atoms with Crippen molar-refractivity contribution < 1.29 is 27.5 Å². The van der Waals surface area contributed by atoms with E-state index in [1.54, 1.807) is 6.92 Å². The molecule has 0 N–H and O–H groups in total. The van der Waals surface area contributed by atoms with Crippen molar-refractivity contribution in [2.45, 2.75) is 19.5 Å². The van der Waals surface area contributed by atoms with Crippen molar-refractivity contribution in [3.8, 4) is 0 Å². The molecule has 0 heterocycles. The second-order valence-corrected chi connectivity index (χ2v) is 4.55. The van der Waals surface area contributed by atoms with Gasteiger partial charge >= 0.3 is 12.1 Å². The van der Waals surface area contributed by atoms with Gasteiger partial charge in [-0.05, 0) is 25.1 Å². The highest BCUT2D eigenvalue weighted by molar-refractivity contribution is 6.29. The third-order valence-electron chi connectivity index (χ3n) is 2.75. The Balaban J connectivity index is 2.97. The third kappa shape index (κ3) is 5.22. The molecule has 0 bridgehead atoms. The van der Waals surface area contributed by atoms with Crippen LogP contribution < -0.4 is 4.90 Å². The first-order chi connectivity index (χ1) is 10.3. The summed E-state index contributed by atoms with van der Waals surface area (Å²) < 4.78 is 42.9. The number of hydrogen-bond donors (Lipinski definition) is 0. The maximum atomic E-state index is 12.7. The first-order valence-electron chi connectivity index (χ1n) is 6.48. The van der Waals surface area contributed by atoms with Gasteiger partial charge in [0.25, 0.3) is 0 Å². The van der Waals surface area contributed by atoms with Gasteiger partial charge in [0.1, 0.15) is 5.88 Å². The lowest BCUT2D eigenvalue weighted by atomic mass is 10.1. The van der Waals surface area contributed by atoms with Gasteiger partial charge in [-0.3, -0.25) is 9.59 Å². The molecule has 0 saturated heterocycles. The van der Waals surface area contributed by atoms with Crippen LogP contribution in [-0.2, 0) is 20.5 Å². The number of ether oxygens (including phenoxy) is 1. The van der Waals surface area contributed by atoms with E-state index in [1.165, 1.54) is 12.1 Å².